The molecule has 0 fully saturated rings. The number of benzene rings is 1. The Labute approximate surface area is 109 Å². The Kier molecular flexibility index (Phi) is 4.23. The lowest BCUT2D eigenvalue weighted by Gasteiger charge is -2.12. The van der Waals surface area contributed by atoms with Crippen LogP contribution in [0.1, 0.15) is 5.56 Å². The lowest BCUT2D eigenvalue weighted by Crippen LogP contribution is -2.06. The normalized spacial score (nSPS) is 10.4. The molecule has 0 aliphatic rings. The summed E-state index contributed by atoms with van der Waals surface area (Å²) in [6.07, 6.45) is 1.61. The van der Waals surface area contributed by atoms with Gasteiger partial charge in [-0.2, -0.15) is 5.26 Å². The highest BCUT2D eigenvalue weighted by atomic mass is 16.5. The second kappa shape index (κ2) is 6.09. The zero-order valence-electron chi connectivity index (χ0n) is 10.2. The first-order chi connectivity index (χ1) is 9.30. The van der Waals surface area contributed by atoms with E-state index in [-0.39, 0.29) is 26.4 Å². The predicted molar refractivity (Wildman–Crippen MR) is 68.2 cm³/mol. The minimum absolute atomic E-state index is 0.106. The number of aliphatic hydroxyl groups excluding tert-OH is 2. The molecule has 0 saturated heterocycles. The molecular formula is C13H14N2O4. The molecule has 6 nitrogen and oxygen atoms in total. The monoisotopic (exact) mass is 262 g/mol. The molecule has 0 aliphatic carbocycles. The van der Waals surface area contributed by atoms with Crippen LogP contribution in [-0.4, -0.2) is 41.6 Å². The van der Waals surface area contributed by atoms with E-state index in [1.165, 1.54) is 0 Å². The van der Waals surface area contributed by atoms with Crippen LogP contribution in [0.4, 0.5) is 0 Å². The van der Waals surface area contributed by atoms with Gasteiger partial charge in [-0.15, -0.1) is 0 Å². The number of aromatic nitrogens is 1. The molecule has 1 aromatic carbocycles. The number of nitrogens with zero attached hydrogens (tertiary/aromatic N) is 1. The second-order valence-electron chi connectivity index (χ2n) is 3.80. The minimum Gasteiger partial charge on any atom is -0.487 e. The number of aromatic amines is 1. The van der Waals surface area contributed by atoms with E-state index in [4.69, 9.17) is 24.9 Å². The van der Waals surface area contributed by atoms with Crippen molar-refractivity contribution in [1.29, 1.82) is 5.26 Å². The lowest BCUT2D eigenvalue weighted by atomic mass is 10.1. The number of hydrogen-bond donors (Lipinski definition) is 3. The Morgan fingerprint density at radius 1 is 1.11 bits per heavy atom. The number of hydrogen-bond acceptors (Lipinski definition) is 5. The number of fused-ring (bicyclic) bond motifs is 1. The van der Waals surface area contributed by atoms with Gasteiger partial charge < -0.3 is 24.7 Å². The molecule has 0 saturated carbocycles. The van der Waals surface area contributed by atoms with Crippen molar-refractivity contribution in [3.05, 3.63) is 23.9 Å². The van der Waals surface area contributed by atoms with Crippen LogP contribution in [0.5, 0.6) is 11.5 Å². The topological polar surface area (TPSA) is 98.5 Å². The standard InChI is InChI=1S/C13H14N2O4/c14-7-9-8-15-11-6-13(19-4-2-17)12(5-10(9)11)18-3-1-16/h5-6,8,15-17H,1-4H2. The van der Waals surface area contributed by atoms with Gasteiger partial charge in [-0.3, -0.25) is 0 Å². The SMILES string of the molecule is N#Cc1c[nH]c2cc(OCCO)c(OCCO)cc12. The van der Waals surface area contributed by atoms with Crippen LogP contribution < -0.4 is 9.47 Å². The van der Waals surface area contributed by atoms with Crippen molar-refractivity contribution in [3.63, 3.8) is 0 Å². The molecule has 19 heavy (non-hydrogen) atoms. The Bertz CT molecular complexity index is 600. The predicted octanol–water partition coefficient (Wildman–Crippen LogP) is 0.782. The maximum atomic E-state index is 8.99. The van der Waals surface area contributed by atoms with Crippen LogP contribution in [0.25, 0.3) is 10.9 Å². The van der Waals surface area contributed by atoms with Crippen LogP contribution in [-0.2, 0) is 0 Å². The van der Waals surface area contributed by atoms with Crippen molar-refractivity contribution in [3.8, 4) is 17.6 Å². The Morgan fingerprint density at radius 3 is 2.32 bits per heavy atom. The van der Waals surface area contributed by atoms with Crippen molar-refractivity contribution < 1.29 is 19.7 Å². The highest BCUT2D eigenvalue weighted by Crippen LogP contribution is 2.33. The van der Waals surface area contributed by atoms with Gasteiger partial charge in [0.05, 0.1) is 24.3 Å². The van der Waals surface area contributed by atoms with E-state index in [1.807, 2.05) is 0 Å². The zero-order valence-corrected chi connectivity index (χ0v) is 10.2. The Balaban J connectivity index is 2.42. The fraction of sp³-hybridized carbons (Fsp3) is 0.308. The molecule has 0 unspecified atom stereocenters. The first kappa shape index (κ1) is 13.2. The van der Waals surface area contributed by atoms with E-state index < -0.39 is 0 Å². The van der Waals surface area contributed by atoms with Gasteiger partial charge in [0.2, 0.25) is 0 Å². The molecule has 0 amide bonds. The summed E-state index contributed by atoms with van der Waals surface area (Å²) in [5, 5.41) is 27.3. The molecule has 3 N–H and O–H groups in total. The average Bonchev–Trinajstić information content (AvgIpc) is 2.84. The van der Waals surface area contributed by atoms with Crippen molar-refractivity contribution in [2.75, 3.05) is 26.4 Å². The molecule has 2 aromatic rings. The molecular weight excluding hydrogens is 248 g/mol. The molecule has 0 bridgehead atoms. The Morgan fingerprint density at radius 2 is 1.74 bits per heavy atom. The molecule has 2 rings (SSSR count). The summed E-state index contributed by atoms with van der Waals surface area (Å²) in [5.74, 6) is 0.896. The van der Waals surface area contributed by atoms with Crippen LogP contribution >= 0.6 is 0 Å². The number of rotatable bonds is 6. The molecule has 1 heterocycles. The number of nitriles is 1. The van der Waals surface area contributed by atoms with Crippen LogP contribution in [0.3, 0.4) is 0 Å². The van der Waals surface area contributed by atoms with Crippen LogP contribution in [0.2, 0.25) is 0 Å². The lowest BCUT2D eigenvalue weighted by molar-refractivity contribution is 0.178. The fourth-order valence-corrected chi connectivity index (χ4v) is 1.76. The number of nitrogens with one attached hydrogen (secondary N) is 1. The van der Waals surface area contributed by atoms with Gasteiger partial charge in [0, 0.05) is 17.6 Å². The summed E-state index contributed by atoms with van der Waals surface area (Å²) in [6, 6.07) is 5.47. The zero-order chi connectivity index (χ0) is 13.7. The van der Waals surface area contributed by atoms with Gasteiger partial charge in [-0.25, -0.2) is 0 Å². The highest BCUT2D eigenvalue weighted by Gasteiger charge is 2.11. The minimum atomic E-state index is -0.115. The van der Waals surface area contributed by atoms with Gasteiger partial charge in [-0.05, 0) is 6.07 Å². The summed E-state index contributed by atoms with van der Waals surface area (Å²) in [6.45, 7) is 0.0570. The summed E-state index contributed by atoms with van der Waals surface area (Å²) in [4.78, 5) is 2.97. The van der Waals surface area contributed by atoms with Crippen LogP contribution in [0, 0.1) is 11.3 Å². The van der Waals surface area contributed by atoms with E-state index in [9.17, 15) is 0 Å². The maximum Gasteiger partial charge on any atom is 0.163 e. The molecule has 0 radical (unpaired) electrons. The van der Waals surface area contributed by atoms with E-state index >= 15 is 0 Å². The largest absolute Gasteiger partial charge is 0.487 e. The van der Waals surface area contributed by atoms with E-state index in [0.29, 0.717) is 17.1 Å². The van der Waals surface area contributed by atoms with Crippen molar-refractivity contribution >= 4 is 10.9 Å². The molecule has 1 aromatic heterocycles. The third kappa shape index (κ3) is 2.78. The van der Waals surface area contributed by atoms with E-state index in [2.05, 4.69) is 11.1 Å². The molecule has 0 aliphatic heterocycles. The highest BCUT2D eigenvalue weighted by molar-refractivity contribution is 5.88. The van der Waals surface area contributed by atoms with Gasteiger partial charge >= 0.3 is 0 Å². The fourth-order valence-electron chi connectivity index (χ4n) is 1.76. The summed E-state index contributed by atoms with van der Waals surface area (Å²) in [7, 11) is 0. The summed E-state index contributed by atoms with van der Waals surface area (Å²) in [5.41, 5.74) is 1.26. The molecule has 100 valence electrons. The second-order valence-corrected chi connectivity index (χ2v) is 3.80. The maximum absolute atomic E-state index is 8.99. The molecule has 0 spiro atoms. The summed E-state index contributed by atoms with van der Waals surface area (Å²) < 4.78 is 10.8. The third-order valence-corrected chi connectivity index (χ3v) is 2.56. The van der Waals surface area contributed by atoms with Gasteiger partial charge in [0.15, 0.2) is 11.5 Å². The van der Waals surface area contributed by atoms with E-state index in [1.54, 1.807) is 18.3 Å². The average molecular weight is 262 g/mol. The third-order valence-electron chi connectivity index (χ3n) is 2.56. The van der Waals surface area contributed by atoms with Gasteiger partial charge in [0.25, 0.3) is 0 Å². The number of aliphatic hydroxyl groups is 2. The van der Waals surface area contributed by atoms with Gasteiger partial charge in [-0.1, -0.05) is 0 Å². The summed E-state index contributed by atoms with van der Waals surface area (Å²) >= 11 is 0. The molecule has 0 atom stereocenters. The first-order valence-electron chi connectivity index (χ1n) is 5.82. The van der Waals surface area contributed by atoms with Crippen molar-refractivity contribution in [1.82, 2.24) is 4.98 Å². The quantitative estimate of drug-likeness (QED) is 0.714. The Hall–Kier alpha value is -2.23. The first-order valence-corrected chi connectivity index (χ1v) is 5.82. The van der Waals surface area contributed by atoms with Crippen LogP contribution in [0.15, 0.2) is 18.3 Å². The number of ether oxygens (including phenoxy) is 2. The van der Waals surface area contributed by atoms with Crippen molar-refractivity contribution in [2.45, 2.75) is 0 Å². The number of H-pyrrole nitrogens is 1. The smallest absolute Gasteiger partial charge is 0.163 e. The van der Waals surface area contributed by atoms with Crippen molar-refractivity contribution in [2.24, 2.45) is 0 Å². The molecule has 6 heteroatoms. The van der Waals surface area contributed by atoms with E-state index in [0.717, 1.165) is 10.9 Å². The van der Waals surface area contributed by atoms with Gasteiger partial charge in [0.1, 0.15) is 19.3 Å².